The molecule has 1 heterocycles. The molecule has 2 unspecified atom stereocenters. The van der Waals surface area contributed by atoms with Crippen molar-refractivity contribution in [3.05, 3.63) is 18.0 Å². The standard InChI is InChI=1S/C13H23N3/c1-3-7-14-12-5-4-6-13(8-12)16-10-11(2)9-15-16/h9-10,12-14H,3-8H2,1-2H3. The lowest BCUT2D eigenvalue weighted by molar-refractivity contribution is 0.270. The molecular weight excluding hydrogens is 198 g/mol. The molecule has 2 rings (SSSR count). The van der Waals surface area contributed by atoms with Crippen LogP contribution in [0.15, 0.2) is 12.4 Å². The summed E-state index contributed by atoms with van der Waals surface area (Å²) in [6.45, 7) is 5.48. The van der Waals surface area contributed by atoms with Crippen LogP contribution in [0.2, 0.25) is 0 Å². The first-order valence-electron chi connectivity index (χ1n) is 6.53. The third-order valence-corrected chi connectivity index (χ3v) is 3.43. The smallest absolute Gasteiger partial charge is 0.0534 e. The number of nitrogens with zero attached hydrogens (tertiary/aromatic N) is 2. The summed E-state index contributed by atoms with van der Waals surface area (Å²) >= 11 is 0. The van der Waals surface area contributed by atoms with E-state index in [0.717, 1.165) is 6.54 Å². The average Bonchev–Trinajstić information content (AvgIpc) is 2.74. The van der Waals surface area contributed by atoms with Gasteiger partial charge in [-0.25, -0.2) is 0 Å². The van der Waals surface area contributed by atoms with E-state index in [4.69, 9.17) is 0 Å². The van der Waals surface area contributed by atoms with E-state index in [1.54, 1.807) is 0 Å². The molecule has 2 atom stereocenters. The highest BCUT2D eigenvalue weighted by atomic mass is 15.3. The molecule has 1 fully saturated rings. The van der Waals surface area contributed by atoms with E-state index in [1.807, 2.05) is 6.20 Å². The molecule has 0 saturated heterocycles. The van der Waals surface area contributed by atoms with Crippen LogP contribution in [0.4, 0.5) is 0 Å². The molecule has 1 aromatic rings. The molecule has 0 amide bonds. The van der Waals surface area contributed by atoms with Gasteiger partial charge in [0.15, 0.2) is 0 Å². The Morgan fingerprint density at radius 3 is 3.06 bits per heavy atom. The number of hydrogen-bond acceptors (Lipinski definition) is 2. The molecule has 16 heavy (non-hydrogen) atoms. The van der Waals surface area contributed by atoms with E-state index in [-0.39, 0.29) is 0 Å². The maximum atomic E-state index is 4.44. The van der Waals surface area contributed by atoms with E-state index in [2.05, 4.69) is 35.1 Å². The van der Waals surface area contributed by atoms with Crippen LogP contribution in [-0.4, -0.2) is 22.4 Å². The van der Waals surface area contributed by atoms with Gasteiger partial charge in [-0.15, -0.1) is 0 Å². The molecule has 90 valence electrons. The number of hydrogen-bond donors (Lipinski definition) is 1. The van der Waals surface area contributed by atoms with Crippen molar-refractivity contribution >= 4 is 0 Å². The number of aromatic nitrogens is 2. The molecule has 0 bridgehead atoms. The van der Waals surface area contributed by atoms with Gasteiger partial charge < -0.3 is 5.32 Å². The fraction of sp³-hybridized carbons (Fsp3) is 0.769. The molecule has 1 saturated carbocycles. The molecule has 0 aromatic carbocycles. The zero-order chi connectivity index (χ0) is 11.4. The summed E-state index contributed by atoms with van der Waals surface area (Å²) in [4.78, 5) is 0. The van der Waals surface area contributed by atoms with E-state index in [0.29, 0.717) is 12.1 Å². The van der Waals surface area contributed by atoms with Gasteiger partial charge in [0, 0.05) is 12.2 Å². The maximum Gasteiger partial charge on any atom is 0.0534 e. The number of nitrogens with one attached hydrogen (secondary N) is 1. The highest BCUT2D eigenvalue weighted by molar-refractivity contribution is 5.01. The predicted molar refractivity (Wildman–Crippen MR) is 66.6 cm³/mol. The summed E-state index contributed by atoms with van der Waals surface area (Å²) in [6, 6.07) is 1.31. The Morgan fingerprint density at radius 1 is 1.50 bits per heavy atom. The number of aryl methyl sites for hydroxylation is 1. The Balaban J connectivity index is 1.91. The minimum Gasteiger partial charge on any atom is -0.314 e. The largest absolute Gasteiger partial charge is 0.314 e. The van der Waals surface area contributed by atoms with E-state index in [1.165, 1.54) is 37.7 Å². The van der Waals surface area contributed by atoms with E-state index >= 15 is 0 Å². The zero-order valence-electron chi connectivity index (χ0n) is 10.4. The van der Waals surface area contributed by atoms with E-state index < -0.39 is 0 Å². The lowest BCUT2D eigenvalue weighted by Gasteiger charge is -2.30. The third-order valence-electron chi connectivity index (χ3n) is 3.43. The fourth-order valence-electron chi connectivity index (χ4n) is 2.57. The van der Waals surface area contributed by atoms with Crippen molar-refractivity contribution in [2.24, 2.45) is 0 Å². The third kappa shape index (κ3) is 2.85. The molecule has 3 nitrogen and oxygen atoms in total. The van der Waals surface area contributed by atoms with Gasteiger partial charge in [0.05, 0.1) is 12.2 Å². The van der Waals surface area contributed by atoms with E-state index in [9.17, 15) is 0 Å². The van der Waals surface area contributed by atoms with Crippen LogP contribution in [0, 0.1) is 6.92 Å². The molecule has 0 radical (unpaired) electrons. The Kier molecular flexibility index (Phi) is 3.99. The fourth-order valence-corrected chi connectivity index (χ4v) is 2.57. The topological polar surface area (TPSA) is 29.9 Å². The first-order valence-corrected chi connectivity index (χ1v) is 6.53. The van der Waals surface area contributed by atoms with Crippen molar-refractivity contribution in [3.63, 3.8) is 0 Å². The van der Waals surface area contributed by atoms with Gasteiger partial charge >= 0.3 is 0 Å². The van der Waals surface area contributed by atoms with Crippen molar-refractivity contribution in [1.29, 1.82) is 0 Å². The van der Waals surface area contributed by atoms with Crippen LogP contribution < -0.4 is 5.32 Å². The van der Waals surface area contributed by atoms with Crippen molar-refractivity contribution < 1.29 is 0 Å². The molecule has 3 heteroatoms. The second kappa shape index (κ2) is 5.48. The summed E-state index contributed by atoms with van der Waals surface area (Å²) in [5.41, 5.74) is 1.27. The van der Waals surface area contributed by atoms with Crippen LogP contribution in [0.1, 0.15) is 50.6 Å². The van der Waals surface area contributed by atoms with Crippen LogP contribution in [0.5, 0.6) is 0 Å². The molecule has 0 spiro atoms. The van der Waals surface area contributed by atoms with Gasteiger partial charge in [-0.1, -0.05) is 6.92 Å². The van der Waals surface area contributed by atoms with Crippen molar-refractivity contribution in [2.45, 2.75) is 58.0 Å². The first-order chi connectivity index (χ1) is 7.79. The Bertz CT molecular complexity index is 319. The van der Waals surface area contributed by atoms with Crippen LogP contribution >= 0.6 is 0 Å². The Hall–Kier alpha value is -0.830. The second-order valence-electron chi connectivity index (χ2n) is 4.97. The molecule has 1 aliphatic rings. The van der Waals surface area contributed by atoms with Crippen molar-refractivity contribution in [1.82, 2.24) is 15.1 Å². The zero-order valence-corrected chi connectivity index (χ0v) is 10.4. The summed E-state index contributed by atoms with van der Waals surface area (Å²) in [5.74, 6) is 0. The highest BCUT2D eigenvalue weighted by Gasteiger charge is 2.22. The monoisotopic (exact) mass is 221 g/mol. The van der Waals surface area contributed by atoms with Gasteiger partial charge in [0.25, 0.3) is 0 Å². The number of rotatable bonds is 4. The van der Waals surface area contributed by atoms with Gasteiger partial charge in [-0.2, -0.15) is 5.10 Å². The van der Waals surface area contributed by atoms with Gasteiger partial charge in [0.2, 0.25) is 0 Å². The lowest BCUT2D eigenvalue weighted by atomic mass is 9.91. The minimum atomic E-state index is 0.608. The molecule has 0 aliphatic heterocycles. The maximum absolute atomic E-state index is 4.44. The highest BCUT2D eigenvalue weighted by Crippen LogP contribution is 2.28. The van der Waals surface area contributed by atoms with Crippen molar-refractivity contribution in [3.8, 4) is 0 Å². The van der Waals surface area contributed by atoms with Gasteiger partial charge in [-0.05, 0) is 51.1 Å². The molecule has 1 aromatic heterocycles. The van der Waals surface area contributed by atoms with Crippen LogP contribution in [0.3, 0.4) is 0 Å². The summed E-state index contributed by atoms with van der Waals surface area (Å²) in [7, 11) is 0. The first kappa shape index (κ1) is 11.6. The Morgan fingerprint density at radius 2 is 2.38 bits per heavy atom. The lowest BCUT2D eigenvalue weighted by Crippen LogP contribution is -2.35. The van der Waals surface area contributed by atoms with Gasteiger partial charge in [0.1, 0.15) is 0 Å². The Labute approximate surface area is 98.2 Å². The van der Waals surface area contributed by atoms with Gasteiger partial charge in [-0.3, -0.25) is 4.68 Å². The van der Waals surface area contributed by atoms with Crippen LogP contribution in [0.25, 0.3) is 0 Å². The summed E-state index contributed by atoms with van der Waals surface area (Å²) in [5, 5.41) is 8.08. The quantitative estimate of drug-likeness (QED) is 0.847. The SMILES string of the molecule is CCCNC1CCCC(n2cc(C)cn2)C1. The molecular formula is C13H23N3. The predicted octanol–water partition coefficient (Wildman–Crippen LogP) is 2.67. The molecule has 1 N–H and O–H groups in total. The minimum absolute atomic E-state index is 0.608. The normalized spacial score (nSPS) is 25.9. The van der Waals surface area contributed by atoms with Crippen molar-refractivity contribution in [2.75, 3.05) is 6.54 Å². The molecule has 1 aliphatic carbocycles. The van der Waals surface area contributed by atoms with Crippen LogP contribution in [-0.2, 0) is 0 Å². The second-order valence-corrected chi connectivity index (χ2v) is 4.97. The summed E-state index contributed by atoms with van der Waals surface area (Å²) in [6.07, 6.45) is 10.5. The average molecular weight is 221 g/mol. The summed E-state index contributed by atoms with van der Waals surface area (Å²) < 4.78 is 2.16.